The number of methoxy groups -OCH3 is 1. The molecule has 5 heteroatoms. The van der Waals surface area contributed by atoms with Crippen LogP contribution in [0, 0.1) is 0 Å². The minimum absolute atomic E-state index is 0.00789. The van der Waals surface area contributed by atoms with Crippen molar-refractivity contribution in [2.24, 2.45) is 0 Å². The molecule has 1 heterocycles. The number of rotatable bonds is 4. The predicted octanol–water partition coefficient (Wildman–Crippen LogP) is 2.10. The Labute approximate surface area is 126 Å². The molecular formula is C16H23N3O2. The molecule has 5 nitrogen and oxygen atoms in total. The smallest absolute Gasteiger partial charge is 0.317 e. The van der Waals surface area contributed by atoms with Gasteiger partial charge in [-0.3, -0.25) is 0 Å². The molecule has 1 aliphatic rings. The molecule has 0 spiro atoms. The normalized spacial score (nSPS) is 15.3. The van der Waals surface area contributed by atoms with Crippen LogP contribution in [-0.2, 0) is 0 Å². The molecule has 21 heavy (non-hydrogen) atoms. The fraction of sp³-hybridized carbons (Fsp3) is 0.438. The number of benzene rings is 1. The molecule has 1 N–H and O–H groups in total. The predicted molar refractivity (Wildman–Crippen MR) is 85.0 cm³/mol. The number of carbonyl (C=O) groups excluding carboxylic acids is 1. The van der Waals surface area contributed by atoms with Crippen LogP contribution in [0.5, 0.6) is 5.75 Å². The number of anilines is 1. The quantitative estimate of drug-likeness (QED) is 0.863. The first-order valence-corrected chi connectivity index (χ1v) is 7.27. The van der Waals surface area contributed by atoms with E-state index in [0.717, 1.165) is 38.3 Å². The highest BCUT2D eigenvalue weighted by molar-refractivity contribution is 5.74. The molecule has 1 fully saturated rings. The van der Waals surface area contributed by atoms with Gasteiger partial charge in [-0.15, -0.1) is 6.58 Å². The molecule has 0 bridgehead atoms. The van der Waals surface area contributed by atoms with E-state index in [-0.39, 0.29) is 6.03 Å². The molecular weight excluding hydrogens is 266 g/mol. The number of ether oxygens (including phenoxy) is 1. The first-order valence-electron chi connectivity index (χ1n) is 7.27. The van der Waals surface area contributed by atoms with Crippen molar-refractivity contribution in [3.8, 4) is 5.75 Å². The summed E-state index contributed by atoms with van der Waals surface area (Å²) in [7, 11) is 1.67. The standard InChI is InChI=1S/C16H23N3O2/c1-3-9-17-16(20)19-11-4-10-18(12-13-19)14-5-7-15(21-2)8-6-14/h3,5-8H,1,4,9-13H2,2H3,(H,17,20). The summed E-state index contributed by atoms with van der Waals surface area (Å²) in [6, 6.07) is 8.05. The van der Waals surface area contributed by atoms with Crippen LogP contribution in [0.3, 0.4) is 0 Å². The lowest BCUT2D eigenvalue weighted by Gasteiger charge is -2.24. The van der Waals surface area contributed by atoms with Crippen molar-refractivity contribution < 1.29 is 9.53 Å². The molecule has 2 rings (SSSR count). The van der Waals surface area contributed by atoms with Gasteiger partial charge in [-0.1, -0.05) is 6.08 Å². The zero-order chi connectivity index (χ0) is 15.1. The maximum Gasteiger partial charge on any atom is 0.317 e. The van der Waals surface area contributed by atoms with E-state index in [1.54, 1.807) is 13.2 Å². The molecule has 0 aliphatic carbocycles. The summed E-state index contributed by atoms with van der Waals surface area (Å²) in [5.74, 6) is 0.860. The van der Waals surface area contributed by atoms with Gasteiger partial charge in [-0.25, -0.2) is 4.79 Å². The first kappa shape index (κ1) is 15.2. The van der Waals surface area contributed by atoms with Gasteiger partial charge in [0.25, 0.3) is 0 Å². The summed E-state index contributed by atoms with van der Waals surface area (Å²) in [6.07, 6.45) is 2.66. The maximum absolute atomic E-state index is 12.0. The summed E-state index contributed by atoms with van der Waals surface area (Å²) in [6.45, 7) is 7.44. The lowest BCUT2D eigenvalue weighted by Crippen LogP contribution is -2.42. The topological polar surface area (TPSA) is 44.8 Å². The van der Waals surface area contributed by atoms with Gasteiger partial charge in [-0.05, 0) is 30.7 Å². The van der Waals surface area contributed by atoms with Gasteiger partial charge < -0.3 is 19.9 Å². The lowest BCUT2D eigenvalue weighted by molar-refractivity contribution is 0.202. The number of carbonyl (C=O) groups is 1. The van der Waals surface area contributed by atoms with E-state index in [1.807, 2.05) is 17.0 Å². The zero-order valence-corrected chi connectivity index (χ0v) is 12.5. The highest BCUT2D eigenvalue weighted by atomic mass is 16.5. The molecule has 0 atom stereocenters. The number of nitrogens with one attached hydrogen (secondary N) is 1. The Kier molecular flexibility index (Phi) is 5.49. The van der Waals surface area contributed by atoms with Crippen molar-refractivity contribution >= 4 is 11.7 Å². The van der Waals surface area contributed by atoms with Gasteiger partial charge in [0.15, 0.2) is 0 Å². The van der Waals surface area contributed by atoms with E-state index in [2.05, 4.69) is 28.9 Å². The van der Waals surface area contributed by atoms with Crippen molar-refractivity contribution in [2.75, 3.05) is 44.7 Å². The van der Waals surface area contributed by atoms with Crippen LogP contribution in [0.25, 0.3) is 0 Å². The summed E-state index contributed by atoms with van der Waals surface area (Å²) >= 11 is 0. The van der Waals surface area contributed by atoms with Gasteiger partial charge in [0.05, 0.1) is 7.11 Å². The number of nitrogens with zero attached hydrogens (tertiary/aromatic N) is 2. The third-order valence-electron chi connectivity index (χ3n) is 3.62. The molecule has 1 aromatic carbocycles. The number of hydrogen-bond acceptors (Lipinski definition) is 3. The molecule has 0 unspecified atom stereocenters. The van der Waals surface area contributed by atoms with E-state index in [1.165, 1.54) is 5.69 Å². The minimum Gasteiger partial charge on any atom is -0.497 e. The van der Waals surface area contributed by atoms with Gasteiger partial charge in [0.2, 0.25) is 0 Å². The molecule has 1 saturated heterocycles. The molecule has 0 aromatic heterocycles. The van der Waals surface area contributed by atoms with Crippen molar-refractivity contribution in [2.45, 2.75) is 6.42 Å². The average Bonchev–Trinajstić information content (AvgIpc) is 2.79. The van der Waals surface area contributed by atoms with E-state index < -0.39 is 0 Å². The summed E-state index contributed by atoms with van der Waals surface area (Å²) in [5.41, 5.74) is 1.17. The molecule has 114 valence electrons. The Hall–Kier alpha value is -2.17. The van der Waals surface area contributed by atoms with Crippen molar-refractivity contribution in [1.29, 1.82) is 0 Å². The number of amides is 2. The van der Waals surface area contributed by atoms with Crippen LogP contribution >= 0.6 is 0 Å². The Morgan fingerprint density at radius 3 is 2.71 bits per heavy atom. The van der Waals surface area contributed by atoms with Crippen molar-refractivity contribution in [1.82, 2.24) is 10.2 Å². The van der Waals surface area contributed by atoms with E-state index in [9.17, 15) is 4.79 Å². The van der Waals surface area contributed by atoms with Gasteiger partial charge in [0, 0.05) is 38.4 Å². The average molecular weight is 289 g/mol. The summed E-state index contributed by atoms with van der Waals surface area (Å²) in [5, 5.41) is 2.83. The molecule has 0 radical (unpaired) electrons. The zero-order valence-electron chi connectivity index (χ0n) is 12.5. The SMILES string of the molecule is C=CCNC(=O)N1CCCN(c2ccc(OC)cc2)CC1. The molecule has 1 aliphatic heterocycles. The van der Waals surface area contributed by atoms with E-state index in [0.29, 0.717) is 6.54 Å². The van der Waals surface area contributed by atoms with Crippen molar-refractivity contribution in [3.63, 3.8) is 0 Å². The highest BCUT2D eigenvalue weighted by Gasteiger charge is 2.18. The van der Waals surface area contributed by atoms with Crippen LogP contribution in [0.15, 0.2) is 36.9 Å². The Balaban J connectivity index is 1.93. The number of urea groups is 1. The van der Waals surface area contributed by atoms with Crippen LogP contribution in [0.1, 0.15) is 6.42 Å². The highest BCUT2D eigenvalue weighted by Crippen LogP contribution is 2.20. The minimum atomic E-state index is -0.00789. The Bertz CT molecular complexity index is 473. The third kappa shape index (κ3) is 4.15. The van der Waals surface area contributed by atoms with Gasteiger partial charge >= 0.3 is 6.03 Å². The van der Waals surface area contributed by atoms with E-state index in [4.69, 9.17) is 4.74 Å². The lowest BCUT2D eigenvalue weighted by atomic mass is 10.2. The second kappa shape index (κ2) is 7.57. The summed E-state index contributed by atoms with van der Waals surface area (Å²) < 4.78 is 5.18. The van der Waals surface area contributed by atoms with Crippen LogP contribution in [0.2, 0.25) is 0 Å². The van der Waals surface area contributed by atoms with Crippen LogP contribution < -0.4 is 15.0 Å². The van der Waals surface area contributed by atoms with E-state index >= 15 is 0 Å². The van der Waals surface area contributed by atoms with Gasteiger partial charge in [-0.2, -0.15) is 0 Å². The fourth-order valence-corrected chi connectivity index (χ4v) is 2.44. The largest absolute Gasteiger partial charge is 0.497 e. The molecule has 0 saturated carbocycles. The van der Waals surface area contributed by atoms with Crippen LogP contribution in [-0.4, -0.2) is 50.8 Å². The second-order valence-corrected chi connectivity index (χ2v) is 5.00. The Morgan fingerprint density at radius 2 is 2.05 bits per heavy atom. The second-order valence-electron chi connectivity index (χ2n) is 5.00. The van der Waals surface area contributed by atoms with Gasteiger partial charge in [0.1, 0.15) is 5.75 Å². The fourth-order valence-electron chi connectivity index (χ4n) is 2.44. The first-order chi connectivity index (χ1) is 10.2. The Morgan fingerprint density at radius 1 is 1.29 bits per heavy atom. The van der Waals surface area contributed by atoms with Crippen LogP contribution in [0.4, 0.5) is 10.5 Å². The molecule has 1 aromatic rings. The monoisotopic (exact) mass is 289 g/mol. The number of hydrogen-bond donors (Lipinski definition) is 1. The maximum atomic E-state index is 12.0. The molecule has 2 amide bonds. The third-order valence-corrected chi connectivity index (χ3v) is 3.62. The summed E-state index contributed by atoms with van der Waals surface area (Å²) in [4.78, 5) is 16.1. The van der Waals surface area contributed by atoms with Crippen molar-refractivity contribution in [3.05, 3.63) is 36.9 Å².